The van der Waals surface area contributed by atoms with E-state index >= 15 is 0 Å². The van der Waals surface area contributed by atoms with Crippen LogP contribution in [0.2, 0.25) is 0 Å². The first kappa shape index (κ1) is 14.8. The first-order chi connectivity index (χ1) is 9.85. The fraction of sp³-hybridized carbons (Fsp3) is 0.333. The summed E-state index contributed by atoms with van der Waals surface area (Å²) in [6.45, 7) is 0.452. The third-order valence-electron chi connectivity index (χ3n) is 3.49. The van der Waals surface area contributed by atoms with Gasteiger partial charge in [0.2, 0.25) is 0 Å². The number of hydrogen-bond donors (Lipinski definition) is 2. The van der Waals surface area contributed by atoms with Crippen LogP contribution < -0.4 is 0 Å². The standard InChI is InChI=1S/C18H22O2/c19-12-4-6-15-10-11-17(9-5-13-20)18(14-15)16-7-2-1-3-8-16/h1-3,7-8,10-11,14,19-20H,4-6,9,12-13H2. The van der Waals surface area contributed by atoms with Gasteiger partial charge in [-0.1, -0.05) is 48.5 Å². The highest BCUT2D eigenvalue weighted by Crippen LogP contribution is 2.26. The Labute approximate surface area is 120 Å². The van der Waals surface area contributed by atoms with Crippen LogP contribution in [0.3, 0.4) is 0 Å². The van der Waals surface area contributed by atoms with Crippen molar-refractivity contribution in [1.29, 1.82) is 0 Å². The summed E-state index contributed by atoms with van der Waals surface area (Å²) in [5.74, 6) is 0. The summed E-state index contributed by atoms with van der Waals surface area (Å²) in [4.78, 5) is 0. The van der Waals surface area contributed by atoms with Crippen molar-refractivity contribution in [2.24, 2.45) is 0 Å². The zero-order valence-corrected chi connectivity index (χ0v) is 11.8. The van der Waals surface area contributed by atoms with E-state index in [1.807, 2.05) is 18.2 Å². The van der Waals surface area contributed by atoms with Crippen molar-refractivity contribution >= 4 is 0 Å². The van der Waals surface area contributed by atoms with Crippen molar-refractivity contribution < 1.29 is 10.2 Å². The third kappa shape index (κ3) is 3.92. The van der Waals surface area contributed by atoms with Gasteiger partial charge < -0.3 is 10.2 Å². The average Bonchev–Trinajstić information content (AvgIpc) is 2.52. The molecule has 0 saturated carbocycles. The fourth-order valence-corrected chi connectivity index (χ4v) is 2.44. The maximum atomic E-state index is 9.03. The van der Waals surface area contributed by atoms with Gasteiger partial charge in [0.15, 0.2) is 0 Å². The number of hydrogen-bond acceptors (Lipinski definition) is 2. The molecule has 0 radical (unpaired) electrons. The van der Waals surface area contributed by atoms with E-state index in [1.165, 1.54) is 22.3 Å². The van der Waals surface area contributed by atoms with E-state index < -0.39 is 0 Å². The molecule has 0 fully saturated rings. The molecule has 0 unspecified atom stereocenters. The maximum Gasteiger partial charge on any atom is 0.0434 e. The molecule has 2 rings (SSSR count). The smallest absolute Gasteiger partial charge is 0.0434 e. The summed E-state index contributed by atoms with van der Waals surface area (Å²) in [5, 5.41) is 18.0. The van der Waals surface area contributed by atoms with Crippen LogP contribution in [0.25, 0.3) is 11.1 Å². The summed E-state index contributed by atoms with van der Waals surface area (Å²) in [6, 6.07) is 16.9. The molecule has 2 nitrogen and oxygen atoms in total. The van der Waals surface area contributed by atoms with E-state index in [2.05, 4.69) is 30.3 Å². The summed E-state index contributed by atoms with van der Waals surface area (Å²) in [6.07, 6.45) is 3.37. The van der Waals surface area contributed by atoms with Crippen LogP contribution >= 0.6 is 0 Å². The minimum Gasteiger partial charge on any atom is -0.396 e. The van der Waals surface area contributed by atoms with Crippen molar-refractivity contribution in [3.63, 3.8) is 0 Å². The second-order valence-corrected chi connectivity index (χ2v) is 5.01. The minimum absolute atomic E-state index is 0.223. The Morgan fingerprint density at radius 1 is 0.750 bits per heavy atom. The Morgan fingerprint density at radius 2 is 1.45 bits per heavy atom. The Kier molecular flexibility index (Phi) is 5.78. The van der Waals surface area contributed by atoms with Crippen LogP contribution in [0, 0.1) is 0 Å². The van der Waals surface area contributed by atoms with Gasteiger partial charge in [-0.15, -0.1) is 0 Å². The van der Waals surface area contributed by atoms with E-state index in [9.17, 15) is 0 Å². The summed E-state index contributed by atoms with van der Waals surface area (Å²) >= 11 is 0. The van der Waals surface area contributed by atoms with Crippen LogP contribution in [0.1, 0.15) is 24.0 Å². The van der Waals surface area contributed by atoms with E-state index in [4.69, 9.17) is 10.2 Å². The minimum atomic E-state index is 0.223. The third-order valence-corrected chi connectivity index (χ3v) is 3.49. The predicted octanol–water partition coefficient (Wildman–Crippen LogP) is 3.20. The van der Waals surface area contributed by atoms with Crippen molar-refractivity contribution in [2.75, 3.05) is 13.2 Å². The number of aryl methyl sites for hydroxylation is 2. The van der Waals surface area contributed by atoms with Crippen molar-refractivity contribution in [1.82, 2.24) is 0 Å². The molecule has 0 heterocycles. The van der Waals surface area contributed by atoms with E-state index in [-0.39, 0.29) is 13.2 Å². The van der Waals surface area contributed by atoms with Crippen LogP contribution in [-0.2, 0) is 12.8 Å². The summed E-state index contributed by atoms with van der Waals surface area (Å²) < 4.78 is 0. The molecule has 0 aromatic heterocycles. The molecule has 2 aromatic carbocycles. The van der Waals surface area contributed by atoms with Gasteiger partial charge in [-0.05, 0) is 47.9 Å². The largest absolute Gasteiger partial charge is 0.396 e. The number of rotatable bonds is 7. The van der Waals surface area contributed by atoms with Gasteiger partial charge in [0.25, 0.3) is 0 Å². The van der Waals surface area contributed by atoms with Crippen molar-refractivity contribution in [3.8, 4) is 11.1 Å². The van der Waals surface area contributed by atoms with Crippen molar-refractivity contribution in [2.45, 2.75) is 25.7 Å². The molecular formula is C18H22O2. The molecule has 20 heavy (non-hydrogen) atoms. The molecule has 2 heteroatoms. The topological polar surface area (TPSA) is 40.5 Å². The highest BCUT2D eigenvalue weighted by Gasteiger charge is 2.06. The Hall–Kier alpha value is -1.64. The zero-order valence-electron chi connectivity index (χ0n) is 11.8. The lowest BCUT2D eigenvalue weighted by Gasteiger charge is -2.12. The molecule has 2 N–H and O–H groups in total. The molecule has 0 bridgehead atoms. The molecule has 2 aromatic rings. The predicted molar refractivity (Wildman–Crippen MR) is 82.7 cm³/mol. The van der Waals surface area contributed by atoms with Gasteiger partial charge in [0.05, 0.1) is 0 Å². The number of aliphatic hydroxyl groups is 2. The number of benzene rings is 2. The Morgan fingerprint density at radius 3 is 2.15 bits per heavy atom. The second kappa shape index (κ2) is 7.83. The van der Waals surface area contributed by atoms with E-state index in [0.717, 1.165) is 25.7 Å². The monoisotopic (exact) mass is 270 g/mol. The van der Waals surface area contributed by atoms with Gasteiger partial charge in [-0.25, -0.2) is 0 Å². The van der Waals surface area contributed by atoms with Crippen LogP contribution in [-0.4, -0.2) is 23.4 Å². The number of aliphatic hydroxyl groups excluding tert-OH is 2. The van der Waals surface area contributed by atoms with Crippen LogP contribution in [0.5, 0.6) is 0 Å². The molecule has 0 spiro atoms. The van der Waals surface area contributed by atoms with Gasteiger partial charge in [0, 0.05) is 13.2 Å². The zero-order chi connectivity index (χ0) is 14.2. The maximum absolute atomic E-state index is 9.03. The van der Waals surface area contributed by atoms with Crippen LogP contribution in [0.4, 0.5) is 0 Å². The Balaban J connectivity index is 2.32. The normalized spacial score (nSPS) is 10.7. The highest BCUT2D eigenvalue weighted by atomic mass is 16.3. The first-order valence-electron chi connectivity index (χ1n) is 7.24. The molecule has 0 amide bonds. The molecule has 0 aliphatic rings. The summed E-state index contributed by atoms with van der Waals surface area (Å²) in [5.41, 5.74) is 4.99. The molecule has 106 valence electrons. The fourth-order valence-electron chi connectivity index (χ4n) is 2.44. The second-order valence-electron chi connectivity index (χ2n) is 5.01. The molecule has 0 aliphatic heterocycles. The van der Waals surface area contributed by atoms with Gasteiger partial charge in [-0.2, -0.15) is 0 Å². The van der Waals surface area contributed by atoms with Gasteiger partial charge in [0.1, 0.15) is 0 Å². The molecule has 0 saturated heterocycles. The average molecular weight is 270 g/mol. The molecule has 0 aliphatic carbocycles. The van der Waals surface area contributed by atoms with Gasteiger partial charge >= 0.3 is 0 Å². The lowest BCUT2D eigenvalue weighted by Crippen LogP contribution is -1.96. The Bertz CT molecular complexity index is 520. The van der Waals surface area contributed by atoms with Gasteiger partial charge in [-0.3, -0.25) is 0 Å². The lowest BCUT2D eigenvalue weighted by molar-refractivity contribution is 0.288. The van der Waals surface area contributed by atoms with E-state index in [1.54, 1.807) is 0 Å². The lowest BCUT2D eigenvalue weighted by atomic mass is 9.93. The van der Waals surface area contributed by atoms with Crippen molar-refractivity contribution in [3.05, 3.63) is 59.7 Å². The quantitative estimate of drug-likeness (QED) is 0.811. The SMILES string of the molecule is OCCCc1ccc(CCCO)c(-c2ccccc2)c1. The van der Waals surface area contributed by atoms with E-state index in [0.29, 0.717) is 0 Å². The molecule has 0 atom stereocenters. The highest BCUT2D eigenvalue weighted by molar-refractivity contribution is 5.68. The first-order valence-corrected chi connectivity index (χ1v) is 7.24. The summed E-state index contributed by atoms with van der Waals surface area (Å²) in [7, 11) is 0. The molecular weight excluding hydrogens is 248 g/mol. The van der Waals surface area contributed by atoms with Crippen LogP contribution in [0.15, 0.2) is 48.5 Å².